The maximum atomic E-state index is 11.6. The van der Waals surface area contributed by atoms with E-state index in [4.69, 9.17) is 4.18 Å². The van der Waals surface area contributed by atoms with Gasteiger partial charge in [-0.25, -0.2) is 0 Å². The van der Waals surface area contributed by atoms with Crippen molar-refractivity contribution in [2.75, 3.05) is 0 Å². The third-order valence-electron chi connectivity index (χ3n) is 3.08. The Balaban J connectivity index is 2.00. The molecule has 0 aliphatic carbocycles. The lowest BCUT2D eigenvalue weighted by atomic mass is 10.1. The fraction of sp³-hybridized carbons (Fsp3) is 0.0625. The van der Waals surface area contributed by atoms with Crippen LogP contribution in [-0.4, -0.2) is 14.1 Å². The fourth-order valence-electron chi connectivity index (χ4n) is 2.03. The molecule has 0 atom stereocenters. The minimum atomic E-state index is -3.92. The largest absolute Gasteiger partial charge is 0.429 e. The Labute approximate surface area is 123 Å². The van der Waals surface area contributed by atoms with E-state index < -0.39 is 10.3 Å². The lowest BCUT2D eigenvalue weighted by Crippen LogP contribution is -2.17. The molecule has 106 valence electrons. The van der Waals surface area contributed by atoms with Crippen molar-refractivity contribution in [3.8, 4) is 5.75 Å². The second kappa shape index (κ2) is 5.18. The van der Waals surface area contributed by atoms with E-state index in [9.17, 15) is 8.42 Å². The van der Waals surface area contributed by atoms with Crippen LogP contribution in [0.1, 0.15) is 16.7 Å². The normalized spacial score (nSPS) is 16.1. The predicted molar refractivity (Wildman–Crippen MR) is 82.7 cm³/mol. The molecule has 1 heterocycles. The van der Waals surface area contributed by atoms with Crippen molar-refractivity contribution < 1.29 is 12.6 Å². The molecule has 1 aliphatic rings. The van der Waals surface area contributed by atoms with Crippen molar-refractivity contribution in [2.24, 2.45) is 4.40 Å². The molecule has 1 aliphatic heterocycles. The zero-order chi connectivity index (χ0) is 14.9. The minimum Gasteiger partial charge on any atom is -0.365 e. The summed E-state index contributed by atoms with van der Waals surface area (Å²) in [6.45, 7) is 2.01. The molecule has 0 fully saturated rings. The molecule has 2 aromatic carbocycles. The van der Waals surface area contributed by atoms with Gasteiger partial charge in [0, 0.05) is 5.56 Å². The summed E-state index contributed by atoms with van der Waals surface area (Å²) < 4.78 is 31.8. The molecular weight excluding hydrogens is 286 g/mol. The molecule has 0 saturated carbocycles. The van der Waals surface area contributed by atoms with Crippen molar-refractivity contribution in [3.05, 3.63) is 71.3 Å². The SMILES string of the molecule is Cc1ccc(C=CC2=NS(=O)(=O)Oc3ccccc32)cc1. The maximum Gasteiger partial charge on any atom is 0.429 e. The van der Waals surface area contributed by atoms with Gasteiger partial charge in [-0.3, -0.25) is 0 Å². The average Bonchev–Trinajstić information content (AvgIpc) is 2.45. The Morgan fingerprint density at radius 1 is 1.00 bits per heavy atom. The Hall–Kier alpha value is -2.40. The zero-order valence-electron chi connectivity index (χ0n) is 11.4. The summed E-state index contributed by atoms with van der Waals surface area (Å²) in [7, 11) is -3.92. The van der Waals surface area contributed by atoms with E-state index in [1.165, 1.54) is 5.56 Å². The van der Waals surface area contributed by atoms with Crippen LogP contribution in [0.15, 0.2) is 59.0 Å². The molecule has 0 radical (unpaired) electrons. The molecule has 2 aromatic rings. The van der Waals surface area contributed by atoms with Gasteiger partial charge < -0.3 is 4.18 Å². The smallest absolute Gasteiger partial charge is 0.365 e. The first kappa shape index (κ1) is 13.6. The van der Waals surface area contributed by atoms with Crippen LogP contribution < -0.4 is 4.18 Å². The van der Waals surface area contributed by atoms with Crippen LogP contribution in [0, 0.1) is 6.92 Å². The molecule has 0 amide bonds. The highest BCUT2D eigenvalue weighted by Crippen LogP contribution is 2.26. The number of para-hydroxylation sites is 1. The van der Waals surface area contributed by atoms with Crippen molar-refractivity contribution in [1.82, 2.24) is 0 Å². The molecule has 0 N–H and O–H groups in total. The maximum absolute atomic E-state index is 11.6. The molecule has 0 unspecified atom stereocenters. The predicted octanol–water partition coefficient (Wildman–Crippen LogP) is 3.13. The molecule has 5 heteroatoms. The van der Waals surface area contributed by atoms with Gasteiger partial charge in [-0.1, -0.05) is 48.0 Å². The first-order valence-corrected chi connectivity index (χ1v) is 7.78. The molecule has 0 saturated heterocycles. The van der Waals surface area contributed by atoms with Gasteiger partial charge in [0.2, 0.25) is 0 Å². The van der Waals surface area contributed by atoms with Gasteiger partial charge in [-0.2, -0.15) is 8.42 Å². The van der Waals surface area contributed by atoms with Gasteiger partial charge in [-0.05, 0) is 30.7 Å². The fourth-order valence-corrected chi connectivity index (χ4v) is 2.84. The van der Waals surface area contributed by atoms with Crippen LogP contribution in [-0.2, 0) is 10.3 Å². The molecule has 21 heavy (non-hydrogen) atoms. The monoisotopic (exact) mass is 299 g/mol. The highest BCUT2D eigenvalue weighted by atomic mass is 32.2. The molecule has 0 aromatic heterocycles. The Morgan fingerprint density at radius 3 is 2.48 bits per heavy atom. The third-order valence-corrected chi connectivity index (χ3v) is 3.89. The van der Waals surface area contributed by atoms with Gasteiger partial charge in [-0.15, -0.1) is 4.40 Å². The summed E-state index contributed by atoms with van der Waals surface area (Å²) in [5, 5.41) is 0. The number of nitrogens with zero attached hydrogens (tertiary/aromatic N) is 1. The van der Waals surface area contributed by atoms with E-state index in [0.29, 0.717) is 17.0 Å². The first-order chi connectivity index (χ1) is 10.0. The van der Waals surface area contributed by atoms with Crippen molar-refractivity contribution in [2.45, 2.75) is 6.92 Å². The standard InChI is InChI=1S/C16H13NO3S/c1-12-6-8-13(9-7-12)10-11-15-14-4-2-3-5-16(14)20-21(18,19)17-15/h2-11H,1H3. The summed E-state index contributed by atoms with van der Waals surface area (Å²) in [5.41, 5.74) is 3.18. The zero-order valence-corrected chi connectivity index (χ0v) is 12.2. The van der Waals surface area contributed by atoms with Crippen LogP contribution in [0.3, 0.4) is 0 Å². The van der Waals surface area contributed by atoms with Crippen LogP contribution in [0.5, 0.6) is 5.75 Å². The number of fused-ring (bicyclic) bond motifs is 1. The third kappa shape index (κ3) is 3.03. The van der Waals surface area contributed by atoms with E-state index in [1.807, 2.05) is 43.3 Å². The highest BCUT2D eigenvalue weighted by molar-refractivity contribution is 7.86. The summed E-state index contributed by atoms with van der Waals surface area (Å²) in [6, 6.07) is 14.9. The van der Waals surface area contributed by atoms with Gasteiger partial charge in [0.25, 0.3) is 0 Å². The summed E-state index contributed by atoms with van der Waals surface area (Å²) in [6.07, 6.45) is 3.51. The second-order valence-electron chi connectivity index (χ2n) is 4.73. The quantitative estimate of drug-likeness (QED) is 0.856. The van der Waals surface area contributed by atoms with Crippen LogP contribution >= 0.6 is 0 Å². The average molecular weight is 299 g/mol. The van der Waals surface area contributed by atoms with E-state index >= 15 is 0 Å². The van der Waals surface area contributed by atoms with E-state index in [1.54, 1.807) is 24.3 Å². The van der Waals surface area contributed by atoms with Gasteiger partial charge in [0.05, 0.1) is 5.71 Å². The molecular formula is C16H13NO3S. The highest BCUT2D eigenvalue weighted by Gasteiger charge is 2.22. The van der Waals surface area contributed by atoms with Gasteiger partial charge in [0.15, 0.2) is 5.75 Å². The molecule has 0 spiro atoms. The number of rotatable bonds is 2. The summed E-state index contributed by atoms with van der Waals surface area (Å²) in [5.74, 6) is 0.302. The lowest BCUT2D eigenvalue weighted by Gasteiger charge is -2.14. The van der Waals surface area contributed by atoms with Crippen molar-refractivity contribution in [1.29, 1.82) is 0 Å². The van der Waals surface area contributed by atoms with Gasteiger partial charge in [0.1, 0.15) is 0 Å². The van der Waals surface area contributed by atoms with Crippen LogP contribution in [0.25, 0.3) is 6.08 Å². The number of hydrogen-bond acceptors (Lipinski definition) is 3. The molecule has 0 bridgehead atoms. The van der Waals surface area contributed by atoms with E-state index in [0.717, 1.165) is 5.56 Å². The first-order valence-electron chi connectivity index (χ1n) is 6.42. The number of hydrogen-bond donors (Lipinski definition) is 0. The van der Waals surface area contributed by atoms with Gasteiger partial charge >= 0.3 is 10.3 Å². The Kier molecular flexibility index (Phi) is 3.35. The van der Waals surface area contributed by atoms with Crippen LogP contribution in [0.2, 0.25) is 0 Å². The second-order valence-corrected chi connectivity index (χ2v) is 5.93. The number of allylic oxidation sites excluding steroid dienone is 1. The van der Waals surface area contributed by atoms with Crippen molar-refractivity contribution in [3.63, 3.8) is 0 Å². The summed E-state index contributed by atoms with van der Waals surface area (Å²) >= 11 is 0. The topological polar surface area (TPSA) is 55.7 Å². The minimum absolute atomic E-state index is 0.302. The van der Waals surface area contributed by atoms with Crippen molar-refractivity contribution >= 4 is 22.1 Å². The molecule has 3 rings (SSSR count). The van der Waals surface area contributed by atoms with E-state index in [2.05, 4.69) is 4.40 Å². The molecule has 4 nitrogen and oxygen atoms in total. The number of benzene rings is 2. The summed E-state index contributed by atoms with van der Waals surface area (Å²) in [4.78, 5) is 0. The van der Waals surface area contributed by atoms with Crippen LogP contribution in [0.4, 0.5) is 0 Å². The lowest BCUT2D eigenvalue weighted by molar-refractivity contribution is 0.485. The Morgan fingerprint density at radius 2 is 1.71 bits per heavy atom. The van der Waals surface area contributed by atoms with E-state index in [-0.39, 0.29) is 0 Å². The number of aryl methyl sites for hydroxylation is 1. The Bertz CT molecular complexity index is 834.